The summed E-state index contributed by atoms with van der Waals surface area (Å²) in [6.07, 6.45) is 7.44. The number of aromatic amines is 1. The van der Waals surface area contributed by atoms with Crippen LogP contribution in [-0.2, 0) is 17.8 Å². The molecule has 4 heterocycles. The van der Waals surface area contributed by atoms with E-state index in [9.17, 15) is 4.79 Å². The molecule has 44 heavy (non-hydrogen) atoms. The standard InChI is InChI=1S/C32H34ClFN8O2/c1-6-25-35-10-11-40(25)12-13-44-32-37-30-21(31(38-32)42-17-19(4)41(16-20(42)5)26(43)7-2)14-23(33)28(29(30)34)27-18(3)8-9-24-22(27)15-36-39-24/h7-11,14-15,19-20H,2,6,12-13,16-17H2,1,3-5H3,(H,36,39)/t19-,20+/m1/s1. The summed E-state index contributed by atoms with van der Waals surface area (Å²) in [4.78, 5) is 30.1. The first-order valence-corrected chi connectivity index (χ1v) is 15.0. The van der Waals surface area contributed by atoms with Crippen LogP contribution in [0.3, 0.4) is 0 Å². The zero-order valence-electron chi connectivity index (χ0n) is 25.1. The van der Waals surface area contributed by atoms with E-state index in [1.165, 1.54) is 6.08 Å². The molecule has 6 rings (SSSR count). The van der Waals surface area contributed by atoms with Crippen LogP contribution < -0.4 is 9.64 Å². The minimum atomic E-state index is -0.568. The van der Waals surface area contributed by atoms with Crippen molar-refractivity contribution in [2.75, 3.05) is 24.6 Å². The highest BCUT2D eigenvalue weighted by atomic mass is 35.5. The molecule has 12 heteroatoms. The zero-order valence-corrected chi connectivity index (χ0v) is 25.9. The van der Waals surface area contributed by atoms with Gasteiger partial charge in [0.1, 0.15) is 23.8 Å². The molecular weight excluding hydrogens is 583 g/mol. The number of hydrogen-bond acceptors (Lipinski definition) is 7. The SMILES string of the molecule is C=CC(=O)N1C[C@H](C)N(c2nc(OCCn3ccnc3CC)nc3c(F)c(-c4c(C)ccc5[nH]ncc45)c(Cl)cc23)C[C@H]1C. The predicted octanol–water partition coefficient (Wildman–Crippen LogP) is 5.72. The van der Waals surface area contributed by atoms with Crippen molar-refractivity contribution in [2.45, 2.75) is 52.7 Å². The van der Waals surface area contributed by atoms with Crippen LogP contribution >= 0.6 is 11.6 Å². The van der Waals surface area contributed by atoms with Gasteiger partial charge in [0, 0.05) is 65.9 Å². The summed E-state index contributed by atoms with van der Waals surface area (Å²) in [5.41, 5.74) is 2.62. The maximum Gasteiger partial charge on any atom is 0.319 e. The van der Waals surface area contributed by atoms with E-state index in [0.29, 0.717) is 36.4 Å². The lowest BCUT2D eigenvalue weighted by molar-refractivity contribution is -0.128. The van der Waals surface area contributed by atoms with Crippen LogP contribution in [0.1, 0.15) is 32.2 Å². The van der Waals surface area contributed by atoms with Gasteiger partial charge in [-0.25, -0.2) is 9.37 Å². The molecule has 1 aliphatic heterocycles. The first kappa shape index (κ1) is 29.6. The number of amides is 1. The van der Waals surface area contributed by atoms with Crippen LogP contribution in [0.2, 0.25) is 5.02 Å². The molecule has 3 aromatic heterocycles. The normalized spacial score (nSPS) is 17.0. The fourth-order valence-corrected chi connectivity index (χ4v) is 6.36. The molecule has 0 unspecified atom stereocenters. The van der Waals surface area contributed by atoms with Crippen molar-refractivity contribution < 1.29 is 13.9 Å². The van der Waals surface area contributed by atoms with Crippen molar-refractivity contribution in [1.29, 1.82) is 0 Å². The van der Waals surface area contributed by atoms with Gasteiger partial charge >= 0.3 is 6.01 Å². The predicted molar refractivity (Wildman–Crippen MR) is 170 cm³/mol. The van der Waals surface area contributed by atoms with E-state index in [1.807, 2.05) is 50.6 Å². The van der Waals surface area contributed by atoms with E-state index in [-0.39, 0.29) is 46.7 Å². The Labute approximate surface area is 259 Å². The van der Waals surface area contributed by atoms with E-state index in [1.54, 1.807) is 23.4 Å². The van der Waals surface area contributed by atoms with E-state index in [2.05, 4.69) is 31.6 Å². The fraction of sp³-hybridized carbons (Fsp3) is 0.344. The molecule has 10 nitrogen and oxygen atoms in total. The molecule has 5 aromatic rings. The number of halogens is 2. The van der Waals surface area contributed by atoms with Crippen LogP contribution in [0, 0.1) is 12.7 Å². The molecule has 2 aromatic carbocycles. The number of carbonyl (C=O) groups excluding carboxylic acids is 1. The first-order chi connectivity index (χ1) is 21.2. The number of nitrogens with one attached hydrogen (secondary N) is 1. The summed E-state index contributed by atoms with van der Waals surface area (Å²) in [5, 5.41) is 8.57. The summed E-state index contributed by atoms with van der Waals surface area (Å²) in [7, 11) is 0. The van der Waals surface area contributed by atoms with Crippen LogP contribution in [0.5, 0.6) is 6.01 Å². The number of ether oxygens (including phenoxy) is 1. The van der Waals surface area contributed by atoms with Crippen LogP contribution in [0.25, 0.3) is 32.9 Å². The summed E-state index contributed by atoms with van der Waals surface area (Å²) < 4.78 is 24.9. The van der Waals surface area contributed by atoms with Crippen molar-refractivity contribution in [3.05, 3.63) is 71.7 Å². The lowest BCUT2D eigenvalue weighted by atomic mass is 9.95. The maximum absolute atomic E-state index is 16.8. The molecule has 1 aliphatic rings. The third kappa shape index (κ3) is 5.15. The highest BCUT2D eigenvalue weighted by molar-refractivity contribution is 6.35. The zero-order chi connectivity index (χ0) is 31.1. The Morgan fingerprint density at radius 3 is 2.80 bits per heavy atom. The average Bonchev–Trinajstić information content (AvgIpc) is 3.68. The van der Waals surface area contributed by atoms with E-state index in [0.717, 1.165) is 28.7 Å². The Bertz CT molecular complexity index is 1890. The number of aryl methyl sites for hydroxylation is 2. The number of piperazine rings is 1. The Balaban J connectivity index is 1.48. The second-order valence-corrected chi connectivity index (χ2v) is 11.6. The summed E-state index contributed by atoms with van der Waals surface area (Å²) in [5.74, 6) is 0.742. The molecule has 0 radical (unpaired) electrons. The molecule has 228 valence electrons. The second kappa shape index (κ2) is 11.9. The number of aromatic nitrogens is 6. The van der Waals surface area contributed by atoms with Crippen molar-refractivity contribution in [3.8, 4) is 17.1 Å². The third-order valence-corrected chi connectivity index (χ3v) is 8.62. The third-order valence-electron chi connectivity index (χ3n) is 8.32. The number of carbonyl (C=O) groups is 1. The first-order valence-electron chi connectivity index (χ1n) is 14.7. The Hall–Kier alpha value is -4.51. The van der Waals surface area contributed by atoms with Gasteiger partial charge in [-0.3, -0.25) is 9.89 Å². The monoisotopic (exact) mass is 616 g/mol. The van der Waals surface area contributed by atoms with Crippen LogP contribution in [0.15, 0.2) is 49.4 Å². The van der Waals surface area contributed by atoms with Crippen molar-refractivity contribution in [2.24, 2.45) is 0 Å². The molecule has 2 atom stereocenters. The van der Waals surface area contributed by atoms with Crippen LogP contribution in [-0.4, -0.2) is 72.3 Å². The number of anilines is 1. The highest BCUT2D eigenvalue weighted by Crippen LogP contribution is 2.42. The van der Waals surface area contributed by atoms with Crippen molar-refractivity contribution in [1.82, 2.24) is 34.6 Å². The molecule has 0 bridgehead atoms. The Kier molecular flexibility index (Phi) is 7.98. The quantitative estimate of drug-likeness (QED) is 0.222. The Morgan fingerprint density at radius 1 is 1.20 bits per heavy atom. The molecule has 0 saturated carbocycles. The molecule has 1 saturated heterocycles. The van der Waals surface area contributed by atoms with Gasteiger partial charge in [-0.2, -0.15) is 15.1 Å². The van der Waals surface area contributed by atoms with Gasteiger partial charge in [0.2, 0.25) is 5.91 Å². The van der Waals surface area contributed by atoms with E-state index >= 15 is 4.39 Å². The van der Waals surface area contributed by atoms with Gasteiger partial charge in [-0.15, -0.1) is 0 Å². The number of imidazole rings is 1. The van der Waals surface area contributed by atoms with Gasteiger partial charge in [-0.05, 0) is 44.5 Å². The van der Waals surface area contributed by atoms with Gasteiger partial charge in [0.15, 0.2) is 5.82 Å². The molecule has 1 amide bonds. The smallest absolute Gasteiger partial charge is 0.319 e. The Morgan fingerprint density at radius 2 is 2.02 bits per heavy atom. The van der Waals surface area contributed by atoms with E-state index < -0.39 is 5.82 Å². The lowest BCUT2D eigenvalue weighted by Gasteiger charge is -2.44. The number of rotatable bonds is 8. The van der Waals surface area contributed by atoms with E-state index in [4.69, 9.17) is 21.3 Å². The number of H-pyrrole nitrogens is 1. The highest BCUT2D eigenvalue weighted by Gasteiger charge is 2.34. The molecule has 1 fully saturated rings. The van der Waals surface area contributed by atoms with Crippen molar-refractivity contribution in [3.63, 3.8) is 0 Å². The molecule has 1 N–H and O–H groups in total. The fourth-order valence-electron chi connectivity index (χ4n) is 6.07. The van der Waals surface area contributed by atoms with Crippen LogP contribution in [0.4, 0.5) is 10.2 Å². The van der Waals surface area contributed by atoms with Gasteiger partial charge in [-0.1, -0.05) is 31.2 Å². The molecule has 0 spiro atoms. The molecular formula is C32H34ClFN8O2. The largest absolute Gasteiger partial charge is 0.461 e. The minimum absolute atomic E-state index is 0.0560. The van der Waals surface area contributed by atoms with Gasteiger partial charge in [0.05, 0.1) is 23.3 Å². The summed E-state index contributed by atoms with van der Waals surface area (Å²) >= 11 is 6.90. The number of fused-ring (bicyclic) bond motifs is 2. The summed E-state index contributed by atoms with van der Waals surface area (Å²) in [6, 6.07) is 5.32. The van der Waals surface area contributed by atoms with Crippen molar-refractivity contribution >= 4 is 45.1 Å². The van der Waals surface area contributed by atoms with Gasteiger partial charge in [0.25, 0.3) is 0 Å². The van der Waals surface area contributed by atoms with Gasteiger partial charge < -0.3 is 19.1 Å². The average molecular weight is 617 g/mol. The second-order valence-electron chi connectivity index (χ2n) is 11.1. The molecule has 0 aliphatic carbocycles. The topological polar surface area (TPSA) is 105 Å². The number of nitrogens with zero attached hydrogens (tertiary/aromatic N) is 7. The maximum atomic E-state index is 16.8. The number of benzene rings is 2. The minimum Gasteiger partial charge on any atom is -0.461 e. The lowest BCUT2D eigenvalue weighted by Crippen LogP contribution is -2.58. The summed E-state index contributed by atoms with van der Waals surface area (Å²) in [6.45, 7) is 13.3. The number of hydrogen-bond donors (Lipinski definition) is 1.